The molecule has 1 unspecified atom stereocenters. The van der Waals surface area contributed by atoms with Crippen LogP contribution in [-0.4, -0.2) is 36.3 Å². The van der Waals surface area contributed by atoms with Gasteiger partial charge in [-0.05, 0) is 60.7 Å². The zero-order valence-electron chi connectivity index (χ0n) is 19.1. The number of sulfone groups is 1. The van der Waals surface area contributed by atoms with Crippen LogP contribution in [0.3, 0.4) is 0 Å². The van der Waals surface area contributed by atoms with E-state index in [-0.39, 0.29) is 4.90 Å². The molecule has 6 nitrogen and oxygen atoms in total. The maximum atomic E-state index is 11.9. The van der Waals surface area contributed by atoms with Crippen molar-refractivity contribution in [3.05, 3.63) is 108 Å². The fraction of sp³-hybridized carbons (Fsp3) is 0.111. The van der Waals surface area contributed by atoms with Crippen molar-refractivity contribution in [2.24, 2.45) is 0 Å². The number of hydrogen-bond acceptors (Lipinski definition) is 5. The van der Waals surface area contributed by atoms with Crippen molar-refractivity contribution in [2.75, 3.05) is 13.4 Å². The van der Waals surface area contributed by atoms with Crippen LogP contribution in [0.25, 0.3) is 28.0 Å². The monoisotopic (exact) mass is 503 g/mol. The van der Waals surface area contributed by atoms with E-state index in [0.29, 0.717) is 16.5 Å². The molecule has 2 aromatic heterocycles. The second-order valence-electron chi connectivity index (χ2n) is 8.18. The summed E-state index contributed by atoms with van der Waals surface area (Å²) in [6, 6.07) is 26.0. The van der Waals surface area contributed by atoms with Crippen LogP contribution in [0.1, 0.15) is 17.5 Å². The first-order valence-electron chi connectivity index (χ1n) is 10.9. The Morgan fingerprint density at radius 1 is 0.857 bits per heavy atom. The highest BCUT2D eigenvalue weighted by molar-refractivity contribution is 7.90. The Morgan fingerprint density at radius 3 is 2.26 bits per heavy atom. The van der Waals surface area contributed by atoms with Crippen molar-refractivity contribution in [3.63, 3.8) is 0 Å². The molecule has 2 heterocycles. The molecule has 5 aromatic rings. The second-order valence-corrected chi connectivity index (χ2v) is 10.6. The number of hydrogen-bond donors (Lipinski definition) is 0. The van der Waals surface area contributed by atoms with Gasteiger partial charge in [0.1, 0.15) is 11.9 Å². The molecule has 3 aromatic carbocycles. The van der Waals surface area contributed by atoms with E-state index in [1.54, 1.807) is 31.4 Å². The van der Waals surface area contributed by atoms with Gasteiger partial charge in [-0.2, -0.15) is 0 Å². The number of rotatable bonds is 6. The largest absolute Gasteiger partial charge is 0.369 e. The molecule has 5 rings (SSSR count). The summed E-state index contributed by atoms with van der Waals surface area (Å²) in [5, 5.41) is 1.67. The van der Waals surface area contributed by atoms with Crippen LogP contribution < -0.4 is 0 Å². The van der Waals surface area contributed by atoms with Crippen molar-refractivity contribution in [1.82, 2.24) is 14.5 Å². The number of nitrogens with zero attached hydrogens (tertiary/aromatic N) is 3. The zero-order chi connectivity index (χ0) is 24.6. The lowest BCUT2D eigenvalue weighted by Gasteiger charge is -2.13. The summed E-state index contributed by atoms with van der Waals surface area (Å²) in [5.41, 5.74) is 3.91. The minimum Gasteiger partial charge on any atom is -0.369 e. The van der Waals surface area contributed by atoms with E-state index in [4.69, 9.17) is 26.3 Å². The topological polar surface area (TPSA) is 74.1 Å². The normalized spacial score (nSPS) is 12.7. The van der Waals surface area contributed by atoms with Gasteiger partial charge in [0.05, 0.1) is 21.8 Å². The lowest BCUT2D eigenvalue weighted by atomic mass is 10.1. The van der Waals surface area contributed by atoms with Crippen LogP contribution in [0.15, 0.2) is 96.0 Å². The quantitative estimate of drug-likeness (QED) is 0.289. The number of pyridine rings is 1. The molecule has 0 radical (unpaired) electrons. The number of para-hydroxylation sites is 1. The van der Waals surface area contributed by atoms with Gasteiger partial charge >= 0.3 is 0 Å². The molecule has 8 heteroatoms. The maximum absolute atomic E-state index is 11.9. The predicted octanol–water partition coefficient (Wildman–Crippen LogP) is 5.88. The predicted molar refractivity (Wildman–Crippen MR) is 138 cm³/mol. The number of fused-ring (bicyclic) bond motifs is 1. The van der Waals surface area contributed by atoms with Crippen molar-refractivity contribution < 1.29 is 13.2 Å². The molecule has 0 bridgehead atoms. The van der Waals surface area contributed by atoms with Crippen molar-refractivity contribution in [3.8, 4) is 17.1 Å². The third-order valence-corrected chi connectivity index (χ3v) is 7.14. The lowest BCUT2D eigenvalue weighted by Crippen LogP contribution is -2.06. The molecule has 0 amide bonds. The maximum Gasteiger partial charge on any atom is 0.175 e. The van der Waals surface area contributed by atoms with Gasteiger partial charge in [0.25, 0.3) is 0 Å². The molecule has 0 saturated carbocycles. The number of imidazole rings is 1. The van der Waals surface area contributed by atoms with Gasteiger partial charge in [-0.1, -0.05) is 35.9 Å². The first kappa shape index (κ1) is 23.2. The van der Waals surface area contributed by atoms with E-state index in [9.17, 15) is 8.42 Å². The Bertz CT molecular complexity index is 1610. The van der Waals surface area contributed by atoms with E-state index < -0.39 is 15.9 Å². The summed E-state index contributed by atoms with van der Waals surface area (Å²) in [4.78, 5) is 9.96. The fourth-order valence-corrected chi connectivity index (χ4v) is 4.76. The Morgan fingerprint density at radius 2 is 1.57 bits per heavy atom. The van der Waals surface area contributed by atoms with Gasteiger partial charge in [-0.3, -0.25) is 4.57 Å². The molecule has 176 valence electrons. The minimum absolute atomic E-state index is 0.251. The smallest absolute Gasteiger partial charge is 0.175 e. The van der Waals surface area contributed by atoms with Crippen molar-refractivity contribution in [1.29, 1.82) is 0 Å². The molecule has 0 aliphatic carbocycles. The third-order valence-electron chi connectivity index (χ3n) is 5.76. The summed E-state index contributed by atoms with van der Waals surface area (Å²) in [6.45, 7) is 0. The second kappa shape index (κ2) is 9.26. The Kier molecular flexibility index (Phi) is 6.15. The van der Waals surface area contributed by atoms with Gasteiger partial charge in [0, 0.05) is 41.2 Å². The molecule has 0 spiro atoms. The number of methoxy groups -OCH3 is 1. The number of aromatic nitrogens is 3. The van der Waals surface area contributed by atoms with Crippen LogP contribution in [-0.2, 0) is 14.6 Å². The molecule has 0 aliphatic rings. The molecule has 0 saturated heterocycles. The summed E-state index contributed by atoms with van der Waals surface area (Å²) in [7, 11) is -1.68. The number of benzene rings is 3. The molecular weight excluding hydrogens is 482 g/mol. The highest BCUT2D eigenvalue weighted by atomic mass is 35.5. The first-order chi connectivity index (χ1) is 16.8. The molecule has 1 atom stereocenters. The van der Waals surface area contributed by atoms with Gasteiger partial charge in [0.15, 0.2) is 9.84 Å². The SMILES string of the molecule is COC(c1cn(-c2ccc(Cl)cc2)c(-c2ccc(S(C)(=O)=O)cc2)n1)c1ccc2ccccc2n1. The number of halogens is 1. The van der Waals surface area contributed by atoms with Crippen molar-refractivity contribution >= 4 is 32.3 Å². The summed E-state index contributed by atoms with van der Waals surface area (Å²) < 4.78 is 31.6. The fourth-order valence-electron chi connectivity index (χ4n) is 4.00. The summed E-state index contributed by atoms with van der Waals surface area (Å²) in [5.74, 6) is 0.644. The van der Waals surface area contributed by atoms with Crippen LogP contribution in [0.5, 0.6) is 0 Å². The summed E-state index contributed by atoms with van der Waals surface area (Å²) >= 11 is 6.11. The molecule has 0 fully saturated rings. The number of ether oxygens (including phenoxy) is 1. The van der Waals surface area contributed by atoms with E-state index >= 15 is 0 Å². The Hall–Kier alpha value is -3.52. The van der Waals surface area contributed by atoms with Gasteiger partial charge in [-0.25, -0.2) is 18.4 Å². The van der Waals surface area contributed by atoms with Gasteiger partial charge < -0.3 is 4.74 Å². The zero-order valence-corrected chi connectivity index (χ0v) is 20.7. The minimum atomic E-state index is -3.31. The van der Waals surface area contributed by atoms with Crippen LogP contribution in [0.2, 0.25) is 5.02 Å². The van der Waals surface area contributed by atoms with Crippen LogP contribution in [0, 0.1) is 0 Å². The highest BCUT2D eigenvalue weighted by Gasteiger charge is 2.22. The first-order valence-corrected chi connectivity index (χ1v) is 13.1. The van der Waals surface area contributed by atoms with E-state index in [1.807, 2.05) is 71.4 Å². The standard InChI is InChI=1S/C27H22ClN3O3S/c1-34-26(24-16-9-18-5-3-4-6-23(18)29-24)25-17-31(21-12-10-20(28)11-13-21)27(30-25)19-7-14-22(15-8-19)35(2,32)33/h3-17,26H,1-2H3. The Labute approximate surface area is 208 Å². The molecule has 35 heavy (non-hydrogen) atoms. The Balaban J connectivity index is 1.64. The lowest BCUT2D eigenvalue weighted by molar-refractivity contribution is 0.130. The third kappa shape index (κ3) is 4.71. The van der Waals surface area contributed by atoms with E-state index in [0.717, 1.165) is 27.8 Å². The van der Waals surface area contributed by atoms with Crippen molar-refractivity contribution in [2.45, 2.75) is 11.0 Å². The van der Waals surface area contributed by atoms with Crippen LogP contribution in [0.4, 0.5) is 0 Å². The summed E-state index contributed by atoms with van der Waals surface area (Å²) in [6.07, 6.45) is 2.60. The van der Waals surface area contributed by atoms with E-state index in [1.165, 1.54) is 6.26 Å². The van der Waals surface area contributed by atoms with E-state index in [2.05, 4.69) is 0 Å². The molecule has 0 aliphatic heterocycles. The molecular formula is C27H22ClN3O3S. The van der Waals surface area contributed by atoms with Crippen LogP contribution >= 0.6 is 11.6 Å². The average molecular weight is 504 g/mol. The highest BCUT2D eigenvalue weighted by Crippen LogP contribution is 2.31. The average Bonchev–Trinajstić information content (AvgIpc) is 3.29. The van der Waals surface area contributed by atoms with Gasteiger partial charge in [-0.15, -0.1) is 0 Å². The molecule has 0 N–H and O–H groups in total. The van der Waals surface area contributed by atoms with Gasteiger partial charge in [0.2, 0.25) is 0 Å².